The zero-order chi connectivity index (χ0) is 15.1. The Kier molecular flexibility index (Phi) is 3.01. The van der Waals surface area contributed by atoms with Crippen LogP contribution < -0.4 is 4.90 Å². The summed E-state index contributed by atoms with van der Waals surface area (Å²) in [7, 11) is 0. The number of Topliss-reactive ketones (excluding diaryl/α,β-unsaturated/α-hetero) is 1. The summed E-state index contributed by atoms with van der Waals surface area (Å²) >= 11 is 0. The standard InChI is InChI=1S/C15H10F2N2O2/c1-8-3-2-4-9(18-8)7-19-13-11(17)6-5-10(16)12(13)14(20)15(19)21/h2-6H,7H2,1H3. The van der Waals surface area contributed by atoms with Crippen LogP contribution in [0.2, 0.25) is 0 Å². The van der Waals surface area contributed by atoms with Gasteiger partial charge in [0.05, 0.1) is 23.5 Å². The summed E-state index contributed by atoms with van der Waals surface area (Å²) in [6.07, 6.45) is 0. The molecule has 0 bridgehead atoms. The first-order chi connectivity index (χ1) is 9.99. The third-order valence-electron chi connectivity index (χ3n) is 3.28. The van der Waals surface area contributed by atoms with E-state index in [0.29, 0.717) is 5.69 Å². The Bertz CT molecular complexity index is 774. The Morgan fingerprint density at radius 3 is 2.52 bits per heavy atom. The van der Waals surface area contributed by atoms with Gasteiger partial charge in [0, 0.05) is 5.69 Å². The van der Waals surface area contributed by atoms with Gasteiger partial charge in [-0.25, -0.2) is 8.78 Å². The summed E-state index contributed by atoms with van der Waals surface area (Å²) in [5.74, 6) is -3.69. The fraction of sp³-hybridized carbons (Fsp3) is 0.133. The number of amides is 1. The molecule has 1 aliphatic rings. The van der Waals surface area contributed by atoms with Crippen LogP contribution in [-0.2, 0) is 11.3 Å². The van der Waals surface area contributed by atoms with Gasteiger partial charge in [-0.2, -0.15) is 0 Å². The number of aromatic nitrogens is 1. The van der Waals surface area contributed by atoms with Crippen molar-refractivity contribution in [1.82, 2.24) is 4.98 Å². The molecule has 106 valence electrons. The van der Waals surface area contributed by atoms with Gasteiger partial charge in [-0.15, -0.1) is 0 Å². The number of ketones is 1. The van der Waals surface area contributed by atoms with Crippen LogP contribution in [0.4, 0.5) is 14.5 Å². The normalized spacial score (nSPS) is 13.8. The lowest BCUT2D eigenvalue weighted by Gasteiger charge is -2.16. The number of pyridine rings is 1. The molecule has 1 aromatic carbocycles. The Morgan fingerprint density at radius 2 is 1.81 bits per heavy atom. The van der Waals surface area contributed by atoms with E-state index in [1.165, 1.54) is 0 Å². The average Bonchev–Trinajstić information content (AvgIpc) is 2.69. The number of hydrogen-bond donors (Lipinski definition) is 0. The number of rotatable bonds is 2. The molecular weight excluding hydrogens is 278 g/mol. The number of benzene rings is 1. The second kappa shape index (κ2) is 4.73. The third-order valence-corrected chi connectivity index (χ3v) is 3.28. The molecule has 4 nitrogen and oxygen atoms in total. The predicted octanol–water partition coefficient (Wildman–Crippen LogP) is 2.40. The Hall–Kier alpha value is -2.63. The Morgan fingerprint density at radius 1 is 1.10 bits per heavy atom. The highest BCUT2D eigenvalue weighted by atomic mass is 19.1. The van der Waals surface area contributed by atoms with Crippen LogP contribution in [0.1, 0.15) is 21.7 Å². The van der Waals surface area contributed by atoms with E-state index in [9.17, 15) is 18.4 Å². The molecule has 2 aromatic rings. The number of nitrogens with zero attached hydrogens (tertiary/aromatic N) is 2. The summed E-state index contributed by atoms with van der Waals surface area (Å²) in [6, 6.07) is 6.90. The molecule has 0 N–H and O–H groups in total. The number of halogens is 2. The third kappa shape index (κ3) is 2.08. The largest absolute Gasteiger partial charge is 0.300 e. The smallest absolute Gasteiger partial charge is 0.296 e. The van der Waals surface area contributed by atoms with E-state index < -0.39 is 28.9 Å². The van der Waals surface area contributed by atoms with E-state index in [2.05, 4.69) is 4.98 Å². The van der Waals surface area contributed by atoms with Crippen LogP contribution in [0.25, 0.3) is 0 Å². The number of hydrogen-bond acceptors (Lipinski definition) is 3. The van der Waals surface area contributed by atoms with Crippen LogP contribution >= 0.6 is 0 Å². The molecule has 0 unspecified atom stereocenters. The van der Waals surface area contributed by atoms with Gasteiger partial charge in [0.2, 0.25) is 0 Å². The number of carbonyl (C=O) groups excluding carboxylic acids is 2. The minimum absolute atomic E-state index is 0.0837. The van der Waals surface area contributed by atoms with Crippen molar-refractivity contribution in [3.05, 3.63) is 58.9 Å². The van der Waals surface area contributed by atoms with Gasteiger partial charge in [0.25, 0.3) is 11.7 Å². The number of carbonyl (C=O) groups is 2. The maximum Gasteiger partial charge on any atom is 0.300 e. The van der Waals surface area contributed by atoms with Crippen molar-refractivity contribution in [2.24, 2.45) is 0 Å². The molecule has 0 spiro atoms. The van der Waals surface area contributed by atoms with E-state index >= 15 is 0 Å². The molecule has 3 rings (SSSR count). The summed E-state index contributed by atoms with van der Waals surface area (Å²) in [5, 5.41) is 0. The Labute approximate surface area is 119 Å². The van der Waals surface area contributed by atoms with Crippen LogP contribution in [0.5, 0.6) is 0 Å². The molecule has 1 amide bonds. The molecule has 1 aliphatic heterocycles. The molecule has 0 fully saturated rings. The molecule has 0 saturated heterocycles. The predicted molar refractivity (Wildman–Crippen MR) is 70.9 cm³/mol. The monoisotopic (exact) mass is 288 g/mol. The molecule has 0 radical (unpaired) electrons. The highest BCUT2D eigenvalue weighted by Gasteiger charge is 2.40. The molecule has 2 heterocycles. The van der Waals surface area contributed by atoms with Gasteiger partial charge in [-0.3, -0.25) is 19.5 Å². The first kappa shape index (κ1) is 13.4. The van der Waals surface area contributed by atoms with Crippen LogP contribution in [0.15, 0.2) is 30.3 Å². The van der Waals surface area contributed by atoms with Crippen LogP contribution in [0.3, 0.4) is 0 Å². The maximum atomic E-state index is 13.9. The van der Waals surface area contributed by atoms with Crippen molar-refractivity contribution in [2.75, 3.05) is 4.90 Å². The second-order valence-electron chi connectivity index (χ2n) is 4.74. The van der Waals surface area contributed by atoms with Crippen molar-refractivity contribution in [3.63, 3.8) is 0 Å². The van der Waals surface area contributed by atoms with Crippen molar-refractivity contribution < 1.29 is 18.4 Å². The van der Waals surface area contributed by atoms with Gasteiger partial charge < -0.3 is 0 Å². The summed E-state index contributed by atoms with van der Waals surface area (Å²) in [4.78, 5) is 28.9. The average molecular weight is 288 g/mol. The van der Waals surface area contributed by atoms with Crippen molar-refractivity contribution in [3.8, 4) is 0 Å². The molecule has 6 heteroatoms. The molecule has 0 saturated carbocycles. The number of aryl methyl sites for hydroxylation is 1. The molecule has 0 atom stereocenters. The van der Waals surface area contributed by atoms with E-state index in [1.807, 2.05) is 0 Å². The molecule has 0 aliphatic carbocycles. The first-order valence-electron chi connectivity index (χ1n) is 6.26. The van der Waals surface area contributed by atoms with Gasteiger partial charge >= 0.3 is 0 Å². The fourth-order valence-corrected chi connectivity index (χ4v) is 2.35. The summed E-state index contributed by atoms with van der Waals surface area (Å²) in [6.45, 7) is 1.69. The zero-order valence-electron chi connectivity index (χ0n) is 11.1. The van der Waals surface area contributed by atoms with Crippen molar-refractivity contribution in [1.29, 1.82) is 0 Å². The molecule has 1 aromatic heterocycles. The van der Waals surface area contributed by atoms with Gasteiger partial charge in [-0.1, -0.05) is 6.07 Å². The highest BCUT2D eigenvalue weighted by molar-refractivity contribution is 6.52. The molecule has 21 heavy (non-hydrogen) atoms. The lowest BCUT2D eigenvalue weighted by atomic mass is 10.1. The lowest BCUT2D eigenvalue weighted by molar-refractivity contribution is -0.114. The first-order valence-corrected chi connectivity index (χ1v) is 6.26. The number of fused-ring (bicyclic) bond motifs is 1. The SMILES string of the molecule is Cc1cccc(CN2C(=O)C(=O)c3c(F)ccc(F)c32)n1. The minimum Gasteiger partial charge on any atom is -0.296 e. The van der Waals surface area contributed by atoms with Crippen LogP contribution in [-0.4, -0.2) is 16.7 Å². The molecular formula is C15H10F2N2O2. The Balaban J connectivity index is 2.08. The van der Waals surface area contributed by atoms with Gasteiger partial charge in [-0.05, 0) is 31.2 Å². The topological polar surface area (TPSA) is 50.3 Å². The van der Waals surface area contributed by atoms with E-state index in [0.717, 1.165) is 22.7 Å². The fourth-order valence-electron chi connectivity index (χ4n) is 2.35. The van der Waals surface area contributed by atoms with Gasteiger partial charge in [0.1, 0.15) is 11.6 Å². The zero-order valence-corrected chi connectivity index (χ0v) is 11.1. The summed E-state index contributed by atoms with van der Waals surface area (Å²) < 4.78 is 27.6. The summed E-state index contributed by atoms with van der Waals surface area (Å²) in [5.41, 5.74) is 0.402. The van der Waals surface area contributed by atoms with E-state index in [4.69, 9.17) is 0 Å². The minimum atomic E-state index is -1.03. The van der Waals surface area contributed by atoms with Gasteiger partial charge in [0.15, 0.2) is 0 Å². The van der Waals surface area contributed by atoms with E-state index in [-0.39, 0.29) is 12.2 Å². The highest BCUT2D eigenvalue weighted by Crippen LogP contribution is 2.34. The van der Waals surface area contributed by atoms with Crippen molar-refractivity contribution in [2.45, 2.75) is 13.5 Å². The lowest BCUT2D eigenvalue weighted by Crippen LogP contribution is -2.30. The van der Waals surface area contributed by atoms with Crippen molar-refractivity contribution >= 4 is 17.4 Å². The van der Waals surface area contributed by atoms with Crippen LogP contribution in [0, 0.1) is 18.6 Å². The maximum absolute atomic E-state index is 13.9. The number of anilines is 1. The second-order valence-corrected chi connectivity index (χ2v) is 4.74. The quantitative estimate of drug-likeness (QED) is 0.797. The van der Waals surface area contributed by atoms with E-state index in [1.54, 1.807) is 25.1 Å².